The Labute approximate surface area is 108 Å². The predicted octanol–water partition coefficient (Wildman–Crippen LogP) is 1.81. The number of carbonyl (C=O) groups excluding carboxylic acids is 1. The van der Waals surface area contributed by atoms with Crippen molar-refractivity contribution in [3.05, 3.63) is 29.3 Å². The maximum atomic E-state index is 12.1. The van der Waals surface area contributed by atoms with Crippen LogP contribution >= 0.6 is 0 Å². The molecule has 3 N–H and O–H groups in total. The molecule has 100 valence electrons. The van der Waals surface area contributed by atoms with Gasteiger partial charge in [0, 0.05) is 31.5 Å². The van der Waals surface area contributed by atoms with Gasteiger partial charge in [0.15, 0.2) is 0 Å². The number of anilines is 1. The van der Waals surface area contributed by atoms with Crippen molar-refractivity contribution in [1.82, 2.24) is 4.90 Å². The SMILES string of the molecule is Cc1cc(N)cc(C(=O)N(C)CCCCCO)c1. The summed E-state index contributed by atoms with van der Waals surface area (Å²) in [7, 11) is 1.79. The number of aliphatic hydroxyl groups excluding tert-OH is 1. The molecule has 0 saturated heterocycles. The molecule has 0 aliphatic rings. The zero-order chi connectivity index (χ0) is 13.5. The standard InChI is InChI=1S/C14H22N2O2/c1-11-8-12(10-13(15)9-11)14(18)16(2)6-4-3-5-7-17/h8-10,17H,3-7,15H2,1-2H3. The van der Waals surface area contributed by atoms with Crippen molar-refractivity contribution in [2.45, 2.75) is 26.2 Å². The van der Waals surface area contributed by atoms with E-state index in [2.05, 4.69) is 0 Å². The third-order valence-corrected chi connectivity index (χ3v) is 2.84. The quantitative estimate of drug-likeness (QED) is 0.597. The minimum Gasteiger partial charge on any atom is -0.399 e. The molecule has 0 radical (unpaired) electrons. The molecular formula is C14H22N2O2. The zero-order valence-electron chi connectivity index (χ0n) is 11.1. The number of amides is 1. The number of nitrogen functional groups attached to an aromatic ring is 1. The largest absolute Gasteiger partial charge is 0.399 e. The summed E-state index contributed by atoms with van der Waals surface area (Å²) in [5, 5.41) is 8.69. The second-order valence-corrected chi connectivity index (χ2v) is 4.64. The van der Waals surface area contributed by atoms with E-state index in [1.165, 1.54) is 0 Å². The minimum atomic E-state index is -0.00519. The molecule has 1 rings (SSSR count). The number of nitrogens with zero attached hydrogens (tertiary/aromatic N) is 1. The van der Waals surface area contributed by atoms with Gasteiger partial charge in [-0.3, -0.25) is 4.79 Å². The van der Waals surface area contributed by atoms with E-state index >= 15 is 0 Å². The number of aliphatic hydroxyl groups is 1. The minimum absolute atomic E-state index is 0.00519. The lowest BCUT2D eigenvalue weighted by Crippen LogP contribution is -2.27. The Morgan fingerprint density at radius 3 is 2.61 bits per heavy atom. The van der Waals surface area contributed by atoms with Crippen LogP contribution in [-0.2, 0) is 0 Å². The molecule has 0 unspecified atom stereocenters. The fourth-order valence-electron chi connectivity index (χ4n) is 1.90. The lowest BCUT2D eigenvalue weighted by Gasteiger charge is -2.17. The molecule has 0 aliphatic carbocycles. The van der Waals surface area contributed by atoms with Crippen LogP contribution in [0.15, 0.2) is 18.2 Å². The smallest absolute Gasteiger partial charge is 0.253 e. The highest BCUT2D eigenvalue weighted by atomic mass is 16.2. The molecule has 0 aliphatic heterocycles. The van der Waals surface area contributed by atoms with Crippen molar-refractivity contribution in [2.24, 2.45) is 0 Å². The van der Waals surface area contributed by atoms with Crippen LogP contribution in [0.3, 0.4) is 0 Å². The normalized spacial score (nSPS) is 10.4. The van der Waals surface area contributed by atoms with Crippen LogP contribution in [0.4, 0.5) is 5.69 Å². The highest BCUT2D eigenvalue weighted by molar-refractivity contribution is 5.95. The maximum absolute atomic E-state index is 12.1. The average Bonchev–Trinajstić information content (AvgIpc) is 2.32. The van der Waals surface area contributed by atoms with Crippen LogP contribution in [0.2, 0.25) is 0 Å². The molecule has 0 heterocycles. The summed E-state index contributed by atoms with van der Waals surface area (Å²) >= 11 is 0. The molecule has 4 nitrogen and oxygen atoms in total. The third kappa shape index (κ3) is 4.37. The second-order valence-electron chi connectivity index (χ2n) is 4.64. The van der Waals surface area contributed by atoms with Gasteiger partial charge in [0.2, 0.25) is 0 Å². The van der Waals surface area contributed by atoms with E-state index in [1.54, 1.807) is 18.0 Å². The van der Waals surface area contributed by atoms with Gasteiger partial charge in [0.05, 0.1) is 0 Å². The molecular weight excluding hydrogens is 228 g/mol. The van der Waals surface area contributed by atoms with Gasteiger partial charge in [0.25, 0.3) is 5.91 Å². The molecule has 1 aromatic rings. The first kappa shape index (κ1) is 14.5. The maximum Gasteiger partial charge on any atom is 0.253 e. The number of nitrogens with two attached hydrogens (primary N) is 1. The van der Waals surface area contributed by atoms with Crippen molar-refractivity contribution in [1.29, 1.82) is 0 Å². The number of hydrogen-bond donors (Lipinski definition) is 2. The zero-order valence-corrected chi connectivity index (χ0v) is 11.1. The van der Waals surface area contributed by atoms with Gasteiger partial charge >= 0.3 is 0 Å². The van der Waals surface area contributed by atoms with E-state index in [0.717, 1.165) is 24.8 Å². The lowest BCUT2D eigenvalue weighted by molar-refractivity contribution is 0.0792. The summed E-state index contributed by atoms with van der Waals surface area (Å²) < 4.78 is 0. The topological polar surface area (TPSA) is 66.6 Å². The van der Waals surface area contributed by atoms with Gasteiger partial charge in [-0.15, -0.1) is 0 Å². The summed E-state index contributed by atoms with van der Waals surface area (Å²) in [5.74, 6) is -0.00519. The number of rotatable bonds is 6. The van der Waals surface area contributed by atoms with E-state index in [0.29, 0.717) is 17.8 Å². The molecule has 1 amide bonds. The number of hydrogen-bond acceptors (Lipinski definition) is 3. The summed E-state index contributed by atoms with van der Waals surface area (Å²) in [5.41, 5.74) is 7.99. The van der Waals surface area contributed by atoms with Crippen LogP contribution in [-0.4, -0.2) is 36.1 Å². The highest BCUT2D eigenvalue weighted by Crippen LogP contribution is 2.13. The molecule has 0 bridgehead atoms. The molecule has 1 aromatic carbocycles. The van der Waals surface area contributed by atoms with E-state index in [4.69, 9.17) is 10.8 Å². The van der Waals surface area contributed by atoms with Gasteiger partial charge in [-0.1, -0.05) is 0 Å². The van der Waals surface area contributed by atoms with E-state index in [9.17, 15) is 4.79 Å². The van der Waals surface area contributed by atoms with Crippen molar-refractivity contribution in [3.8, 4) is 0 Å². The van der Waals surface area contributed by atoms with Gasteiger partial charge in [-0.2, -0.15) is 0 Å². The highest BCUT2D eigenvalue weighted by Gasteiger charge is 2.11. The number of benzene rings is 1. The Morgan fingerprint density at radius 2 is 2.00 bits per heavy atom. The first-order chi connectivity index (χ1) is 8.54. The Balaban J connectivity index is 2.57. The van der Waals surface area contributed by atoms with Crippen LogP contribution < -0.4 is 5.73 Å². The van der Waals surface area contributed by atoms with Gasteiger partial charge in [-0.25, -0.2) is 0 Å². The Morgan fingerprint density at radius 1 is 1.28 bits per heavy atom. The van der Waals surface area contributed by atoms with Crippen molar-refractivity contribution >= 4 is 11.6 Å². The summed E-state index contributed by atoms with van der Waals surface area (Å²) in [4.78, 5) is 13.8. The summed E-state index contributed by atoms with van der Waals surface area (Å²) in [6, 6.07) is 5.40. The molecule has 4 heteroatoms. The van der Waals surface area contributed by atoms with Gasteiger partial charge in [-0.05, 0) is 49.9 Å². The number of carbonyl (C=O) groups is 1. The first-order valence-electron chi connectivity index (χ1n) is 6.28. The molecule has 18 heavy (non-hydrogen) atoms. The van der Waals surface area contributed by atoms with E-state index in [-0.39, 0.29) is 12.5 Å². The van der Waals surface area contributed by atoms with Crippen LogP contribution in [0.1, 0.15) is 35.2 Å². The predicted molar refractivity (Wildman–Crippen MR) is 73.5 cm³/mol. The number of unbranched alkanes of at least 4 members (excludes halogenated alkanes) is 2. The fraction of sp³-hybridized carbons (Fsp3) is 0.500. The van der Waals surface area contributed by atoms with Gasteiger partial charge in [0.1, 0.15) is 0 Å². The Bertz CT molecular complexity index is 385. The monoisotopic (exact) mass is 250 g/mol. The first-order valence-corrected chi connectivity index (χ1v) is 6.28. The van der Waals surface area contributed by atoms with Crippen LogP contribution in [0.25, 0.3) is 0 Å². The summed E-state index contributed by atoms with van der Waals surface area (Å²) in [6.07, 6.45) is 2.63. The molecule has 0 saturated carbocycles. The molecule has 0 aromatic heterocycles. The average molecular weight is 250 g/mol. The van der Waals surface area contributed by atoms with E-state index < -0.39 is 0 Å². The third-order valence-electron chi connectivity index (χ3n) is 2.84. The van der Waals surface area contributed by atoms with Crippen molar-refractivity contribution in [2.75, 3.05) is 25.9 Å². The van der Waals surface area contributed by atoms with Crippen LogP contribution in [0, 0.1) is 6.92 Å². The number of aryl methyl sites for hydroxylation is 1. The summed E-state index contributed by atoms with van der Waals surface area (Å²) in [6.45, 7) is 2.84. The molecule has 0 fully saturated rings. The second kappa shape index (κ2) is 7.01. The van der Waals surface area contributed by atoms with Crippen molar-refractivity contribution in [3.63, 3.8) is 0 Å². The van der Waals surface area contributed by atoms with Crippen molar-refractivity contribution < 1.29 is 9.90 Å². The molecule has 0 atom stereocenters. The van der Waals surface area contributed by atoms with Gasteiger partial charge < -0.3 is 15.7 Å². The van der Waals surface area contributed by atoms with Crippen LogP contribution in [0.5, 0.6) is 0 Å². The van der Waals surface area contributed by atoms with E-state index in [1.807, 2.05) is 19.1 Å². The fourth-order valence-corrected chi connectivity index (χ4v) is 1.90. The Kier molecular flexibility index (Phi) is 5.65. The lowest BCUT2D eigenvalue weighted by atomic mass is 10.1. The molecule has 0 spiro atoms. The Hall–Kier alpha value is -1.55.